The molecule has 0 saturated carbocycles. The van der Waals surface area contributed by atoms with Gasteiger partial charge in [-0.3, -0.25) is 14.4 Å². The first-order valence-electron chi connectivity index (χ1n) is 20.9. The van der Waals surface area contributed by atoms with Gasteiger partial charge in [-0.05, 0) is 6.92 Å². The number of hydrogen-bond donors (Lipinski definition) is 16. The molecule has 0 aliphatic carbocycles. The van der Waals surface area contributed by atoms with E-state index in [9.17, 15) is 80.8 Å². The Morgan fingerprint density at radius 1 is 0.385 bits per heavy atom. The quantitative estimate of drug-likeness (QED) is 0.0683. The maximum atomic E-state index is 12.5. The lowest BCUT2D eigenvalue weighted by Crippen LogP contribution is -2.70. The van der Waals surface area contributed by atoms with Crippen molar-refractivity contribution in [1.29, 1.82) is 0 Å². The normalized spacial score (nSPS) is 47.1. The van der Waals surface area contributed by atoms with Gasteiger partial charge < -0.3 is 125 Å². The van der Waals surface area contributed by atoms with Crippen LogP contribution in [0, 0.1) is 0 Å². The fourth-order valence-electron chi connectivity index (χ4n) is 8.49. The Morgan fingerprint density at radius 3 is 1.09 bits per heavy atom. The SMILES string of the molecule is CC(=O)NC1[C@H](O[C@@H]2C(O)[C@H](O[C@H]3C(CO)O[C@@H](O[C@@H]4C(O)[C@H](O[C@H]5C(CO)OC(C)C(NC(C)=O)[C@H]5O)OC(CO)[C@@H]4O)C(NC(C)=O)[C@H]3O)OC(CO)[C@@H]2O)OC(CO)[C@H](O)[C@@H]1O. The van der Waals surface area contributed by atoms with Crippen molar-refractivity contribution in [3.63, 3.8) is 0 Å². The van der Waals surface area contributed by atoms with Crippen molar-refractivity contribution in [3.05, 3.63) is 0 Å². The monoisotopic (exact) mass is 949 g/mol. The highest BCUT2D eigenvalue weighted by Gasteiger charge is 2.57. The number of hydrogen-bond acceptors (Lipinski definition) is 25. The highest BCUT2D eigenvalue weighted by molar-refractivity contribution is 5.74. The lowest BCUT2D eigenvalue weighted by Gasteiger charge is -2.50. The average Bonchev–Trinajstić information content (AvgIpc) is 3.25. The van der Waals surface area contributed by atoms with Crippen LogP contribution in [0.4, 0.5) is 0 Å². The Labute approximate surface area is 370 Å². The molecule has 5 rings (SSSR count). The summed E-state index contributed by atoms with van der Waals surface area (Å²) in [4.78, 5) is 36.4. The van der Waals surface area contributed by atoms with Gasteiger partial charge in [-0.25, -0.2) is 0 Å². The number of nitrogens with one attached hydrogen (secondary N) is 3. The zero-order valence-corrected chi connectivity index (χ0v) is 35.7. The van der Waals surface area contributed by atoms with Crippen LogP contribution in [0.25, 0.3) is 0 Å². The van der Waals surface area contributed by atoms with E-state index >= 15 is 0 Å². The third-order valence-corrected chi connectivity index (χ3v) is 11.8. The highest BCUT2D eigenvalue weighted by atomic mass is 16.8. The van der Waals surface area contributed by atoms with Crippen LogP contribution >= 0.6 is 0 Å². The summed E-state index contributed by atoms with van der Waals surface area (Å²) in [6.45, 7) is 0.420. The van der Waals surface area contributed by atoms with E-state index in [2.05, 4.69) is 16.0 Å². The molecule has 3 amide bonds. The molecule has 5 aliphatic heterocycles. The van der Waals surface area contributed by atoms with E-state index in [-0.39, 0.29) is 0 Å². The number of ether oxygens (including phenoxy) is 9. The van der Waals surface area contributed by atoms with E-state index in [0.717, 1.165) is 13.8 Å². The van der Waals surface area contributed by atoms with E-state index < -0.39 is 204 Å². The van der Waals surface area contributed by atoms with Crippen LogP contribution in [0.15, 0.2) is 0 Å². The minimum absolute atomic E-state index is 0.536. The molecule has 25 atom stereocenters. The molecule has 5 fully saturated rings. The van der Waals surface area contributed by atoms with Crippen LogP contribution in [-0.2, 0) is 57.0 Å². The first-order valence-corrected chi connectivity index (χ1v) is 20.9. The van der Waals surface area contributed by atoms with Crippen LogP contribution in [-0.4, -0.2) is 270 Å². The molecule has 0 bridgehead atoms. The molecule has 16 N–H and O–H groups in total. The molecular weight excluding hydrogens is 886 g/mol. The molecule has 28 nitrogen and oxygen atoms in total. The number of amides is 3. The van der Waals surface area contributed by atoms with Gasteiger partial charge in [0.05, 0.1) is 45.2 Å². The molecule has 0 aromatic heterocycles. The second-order valence-electron chi connectivity index (χ2n) is 16.5. The summed E-state index contributed by atoms with van der Waals surface area (Å²) in [5.74, 6) is -2.06. The van der Waals surface area contributed by atoms with Gasteiger partial charge in [0.2, 0.25) is 17.7 Å². The first-order chi connectivity index (χ1) is 30.7. The van der Waals surface area contributed by atoms with Crippen molar-refractivity contribution < 1.29 is 123 Å². The fraction of sp³-hybridized carbons (Fsp3) is 0.919. The van der Waals surface area contributed by atoms with Gasteiger partial charge in [-0.15, -0.1) is 0 Å². The van der Waals surface area contributed by atoms with E-state index in [1.54, 1.807) is 0 Å². The molecule has 0 spiro atoms. The molecule has 5 saturated heterocycles. The Hall–Kier alpha value is -2.47. The minimum atomic E-state index is -2.10. The molecule has 0 radical (unpaired) electrons. The lowest BCUT2D eigenvalue weighted by atomic mass is 9.92. The molecule has 65 heavy (non-hydrogen) atoms. The van der Waals surface area contributed by atoms with Crippen molar-refractivity contribution in [1.82, 2.24) is 16.0 Å². The van der Waals surface area contributed by atoms with Crippen molar-refractivity contribution in [2.45, 2.75) is 181 Å². The van der Waals surface area contributed by atoms with E-state index in [1.807, 2.05) is 0 Å². The summed E-state index contributed by atoms with van der Waals surface area (Å²) in [5.41, 5.74) is 0. The van der Waals surface area contributed by atoms with Crippen LogP contribution in [0.3, 0.4) is 0 Å². The Bertz CT molecular complexity index is 1560. The van der Waals surface area contributed by atoms with E-state index in [4.69, 9.17) is 42.6 Å². The molecule has 376 valence electrons. The number of aliphatic hydroxyl groups excluding tert-OH is 13. The summed E-state index contributed by atoms with van der Waals surface area (Å²) < 4.78 is 52.0. The largest absolute Gasteiger partial charge is 0.394 e. The second kappa shape index (κ2) is 23.2. The van der Waals surface area contributed by atoms with Gasteiger partial charge in [-0.2, -0.15) is 0 Å². The fourth-order valence-corrected chi connectivity index (χ4v) is 8.49. The summed E-state index contributed by atoms with van der Waals surface area (Å²) >= 11 is 0. The second-order valence-corrected chi connectivity index (χ2v) is 16.5. The third-order valence-electron chi connectivity index (χ3n) is 11.8. The number of carbonyl (C=O) groups excluding carboxylic acids is 3. The van der Waals surface area contributed by atoms with E-state index in [1.165, 1.54) is 13.8 Å². The summed E-state index contributed by atoms with van der Waals surface area (Å²) in [6, 6.07) is -4.32. The highest BCUT2D eigenvalue weighted by Crippen LogP contribution is 2.36. The molecular formula is C37H63N3O25. The predicted octanol–water partition coefficient (Wildman–Crippen LogP) is -10.4. The Balaban J connectivity index is 1.37. The molecule has 28 heteroatoms. The van der Waals surface area contributed by atoms with Gasteiger partial charge in [-0.1, -0.05) is 0 Å². The smallest absolute Gasteiger partial charge is 0.217 e. The summed E-state index contributed by atoms with van der Waals surface area (Å²) in [5, 5.41) is 147. The van der Waals surface area contributed by atoms with Gasteiger partial charge in [0.25, 0.3) is 0 Å². The summed E-state index contributed by atoms with van der Waals surface area (Å²) in [6.07, 6.45) is -38.0. The van der Waals surface area contributed by atoms with Crippen molar-refractivity contribution in [3.8, 4) is 0 Å². The predicted molar refractivity (Wildman–Crippen MR) is 205 cm³/mol. The van der Waals surface area contributed by atoms with Crippen LogP contribution < -0.4 is 16.0 Å². The molecule has 5 heterocycles. The maximum Gasteiger partial charge on any atom is 0.217 e. The zero-order chi connectivity index (χ0) is 48.2. The van der Waals surface area contributed by atoms with Crippen molar-refractivity contribution >= 4 is 17.7 Å². The zero-order valence-electron chi connectivity index (χ0n) is 35.7. The minimum Gasteiger partial charge on any atom is -0.394 e. The van der Waals surface area contributed by atoms with Gasteiger partial charge in [0.1, 0.15) is 116 Å². The standard InChI is InChI=1S/C37H63N3O25/c1-10-19(38-11(2)46)26(53)30(17(8-44)57-10)62-36-29(56)33(24(51)16(7-43)59-36)65-35-21(40-13(4)48)27(54)31(18(9-45)61-35)63-37-28(55)32(23(50)15(6-42)60-37)64-34-20(39-12(3)47)25(52)22(49)14(5-41)58-34/h10,14-37,41-45,49-56H,5-9H2,1-4H3,(H,38,46)(H,39,47)(H,40,48)/t10?,14?,15?,16?,17?,18?,19?,20?,21?,22-,23-,24-,25+,26+,27+,28?,29?,30-,31-,32-,33-,34-,35-,36-,37-/m0/s1. The molecule has 0 aromatic rings. The molecule has 5 aliphatic rings. The van der Waals surface area contributed by atoms with Gasteiger partial charge >= 0.3 is 0 Å². The van der Waals surface area contributed by atoms with Gasteiger partial charge in [0, 0.05) is 20.8 Å². The third kappa shape index (κ3) is 11.9. The van der Waals surface area contributed by atoms with Crippen LogP contribution in [0.1, 0.15) is 27.7 Å². The molecule has 11 unspecified atom stereocenters. The average molecular weight is 950 g/mol. The Kier molecular flexibility index (Phi) is 19.1. The van der Waals surface area contributed by atoms with Crippen molar-refractivity contribution in [2.75, 3.05) is 33.0 Å². The number of aliphatic hydroxyl groups is 13. The van der Waals surface area contributed by atoms with E-state index in [0.29, 0.717) is 0 Å². The first kappa shape index (κ1) is 53.5. The Morgan fingerprint density at radius 2 is 0.692 bits per heavy atom. The topological polar surface area (TPSA) is 433 Å². The van der Waals surface area contributed by atoms with Gasteiger partial charge in [0.15, 0.2) is 25.2 Å². The van der Waals surface area contributed by atoms with Crippen LogP contribution in [0.2, 0.25) is 0 Å². The molecule has 0 aromatic carbocycles. The number of carbonyl (C=O) groups is 3. The van der Waals surface area contributed by atoms with Crippen LogP contribution in [0.5, 0.6) is 0 Å². The number of rotatable bonds is 16. The maximum absolute atomic E-state index is 12.5. The summed E-state index contributed by atoms with van der Waals surface area (Å²) in [7, 11) is 0. The van der Waals surface area contributed by atoms with Crippen molar-refractivity contribution in [2.24, 2.45) is 0 Å². The lowest BCUT2D eigenvalue weighted by molar-refractivity contribution is -0.381.